The van der Waals surface area contributed by atoms with Crippen LogP contribution in [-0.2, 0) is 4.74 Å². The van der Waals surface area contributed by atoms with Crippen LogP contribution < -0.4 is 4.74 Å². The lowest BCUT2D eigenvalue weighted by Crippen LogP contribution is -2.10. The highest BCUT2D eigenvalue weighted by molar-refractivity contribution is 5.90. The van der Waals surface area contributed by atoms with E-state index in [0.717, 1.165) is 11.6 Å². The van der Waals surface area contributed by atoms with Gasteiger partial charge in [-0.25, -0.2) is 4.79 Å². The molecule has 1 aromatic heterocycles. The van der Waals surface area contributed by atoms with Crippen LogP contribution in [0.2, 0.25) is 0 Å². The minimum absolute atomic E-state index is 0.0112. The maximum absolute atomic E-state index is 12.3. The van der Waals surface area contributed by atoms with Crippen molar-refractivity contribution in [2.75, 3.05) is 7.11 Å². The van der Waals surface area contributed by atoms with Gasteiger partial charge in [0.05, 0.1) is 17.6 Å². The van der Waals surface area contributed by atoms with Crippen molar-refractivity contribution >= 4 is 11.7 Å². The smallest absolute Gasteiger partial charge is 0.339 e. The molecule has 0 saturated carbocycles. The molecule has 3 aromatic rings. The number of nitro groups is 1. The number of carbonyl (C=O) groups is 1. The van der Waals surface area contributed by atoms with Crippen molar-refractivity contribution < 1.29 is 23.6 Å². The standard InChI is InChI=1S/C18H15N3O6/c1-11(16-19-20-17(27-16)12-6-4-3-5-7-12)26-18(22)13-8-9-15(25-2)14(10-13)21(23)24/h3-11H,1-2H3/t11-/m0/s1. The van der Waals surface area contributed by atoms with Crippen molar-refractivity contribution in [3.8, 4) is 17.2 Å². The molecule has 0 aliphatic carbocycles. The van der Waals surface area contributed by atoms with Crippen LogP contribution in [0.4, 0.5) is 5.69 Å². The average molecular weight is 369 g/mol. The van der Waals surface area contributed by atoms with E-state index in [0.29, 0.717) is 5.89 Å². The zero-order chi connectivity index (χ0) is 19.4. The molecule has 2 aromatic carbocycles. The van der Waals surface area contributed by atoms with Gasteiger partial charge in [0.2, 0.25) is 5.89 Å². The van der Waals surface area contributed by atoms with Gasteiger partial charge >= 0.3 is 11.7 Å². The molecular formula is C18H15N3O6. The van der Waals surface area contributed by atoms with Crippen LogP contribution in [0.3, 0.4) is 0 Å². The Morgan fingerprint density at radius 1 is 1.19 bits per heavy atom. The van der Waals surface area contributed by atoms with Gasteiger partial charge in [-0.15, -0.1) is 10.2 Å². The number of aromatic nitrogens is 2. The van der Waals surface area contributed by atoms with Gasteiger partial charge in [0, 0.05) is 11.6 Å². The quantitative estimate of drug-likeness (QED) is 0.368. The zero-order valence-electron chi connectivity index (χ0n) is 14.5. The van der Waals surface area contributed by atoms with Gasteiger partial charge in [0.25, 0.3) is 5.89 Å². The fraction of sp³-hybridized carbons (Fsp3) is 0.167. The summed E-state index contributed by atoms with van der Waals surface area (Å²) in [6, 6.07) is 13.0. The lowest BCUT2D eigenvalue weighted by molar-refractivity contribution is -0.385. The highest BCUT2D eigenvalue weighted by atomic mass is 16.6. The predicted octanol–water partition coefficient (Wildman–Crippen LogP) is 3.57. The molecule has 3 rings (SSSR count). The summed E-state index contributed by atoms with van der Waals surface area (Å²) in [7, 11) is 1.31. The summed E-state index contributed by atoms with van der Waals surface area (Å²) >= 11 is 0. The summed E-state index contributed by atoms with van der Waals surface area (Å²) in [6.07, 6.45) is -0.830. The van der Waals surface area contributed by atoms with E-state index in [1.54, 1.807) is 6.92 Å². The van der Waals surface area contributed by atoms with E-state index in [2.05, 4.69) is 10.2 Å². The highest BCUT2D eigenvalue weighted by Crippen LogP contribution is 2.29. The maximum atomic E-state index is 12.3. The first-order chi connectivity index (χ1) is 13.0. The molecule has 1 atom stereocenters. The number of ether oxygens (including phenoxy) is 2. The predicted molar refractivity (Wildman–Crippen MR) is 93.2 cm³/mol. The van der Waals surface area contributed by atoms with Gasteiger partial charge in [-0.1, -0.05) is 18.2 Å². The second-order valence-corrected chi connectivity index (χ2v) is 5.50. The van der Waals surface area contributed by atoms with Gasteiger partial charge in [-0.05, 0) is 31.2 Å². The third-order valence-electron chi connectivity index (χ3n) is 3.70. The molecule has 0 saturated heterocycles. The Kier molecular flexibility index (Phi) is 5.11. The Morgan fingerprint density at radius 3 is 2.59 bits per heavy atom. The van der Waals surface area contributed by atoms with Gasteiger partial charge in [0.15, 0.2) is 11.9 Å². The van der Waals surface area contributed by atoms with E-state index in [-0.39, 0.29) is 22.9 Å². The van der Waals surface area contributed by atoms with Crippen LogP contribution >= 0.6 is 0 Å². The number of carbonyl (C=O) groups excluding carboxylic acids is 1. The number of esters is 1. The average Bonchev–Trinajstić information content (AvgIpc) is 3.18. The van der Waals surface area contributed by atoms with Crippen molar-refractivity contribution in [1.29, 1.82) is 0 Å². The lowest BCUT2D eigenvalue weighted by atomic mass is 10.2. The van der Waals surface area contributed by atoms with Gasteiger partial charge in [-0.3, -0.25) is 10.1 Å². The lowest BCUT2D eigenvalue weighted by Gasteiger charge is -2.10. The highest BCUT2D eigenvalue weighted by Gasteiger charge is 2.23. The number of nitrogens with zero attached hydrogens (tertiary/aromatic N) is 3. The van der Waals surface area contributed by atoms with Crippen molar-refractivity contribution in [3.63, 3.8) is 0 Å². The van der Waals surface area contributed by atoms with Crippen LogP contribution in [0.25, 0.3) is 11.5 Å². The molecule has 138 valence electrons. The molecule has 0 fully saturated rings. The van der Waals surface area contributed by atoms with Crippen molar-refractivity contribution in [1.82, 2.24) is 10.2 Å². The fourth-order valence-electron chi connectivity index (χ4n) is 2.33. The minimum atomic E-state index is -0.830. The van der Waals surface area contributed by atoms with Gasteiger partial charge < -0.3 is 13.9 Å². The molecule has 0 aliphatic heterocycles. The first-order valence-electron chi connectivity index (χ1n) is 7.92. The summed E-state index contributed by atoms with van der Waals surface area (Å²) in [5.41, 5.74) is 0.418. The van der Waals surface area contributed by atoms with E-state index in [1.165, 1.54) is 19.2 Å². The van der Waals surface area contributed by atoms with E-state index < -0.39 is 17.0 Å². The maximum Gasteiger partial charge on any atom is 0.339 e. The Labute approximate surface area is 153 Å². The molecule has 27 heavy (non-hydrogen) atoms. The van der Waals surface area contributed by atoms with Gasteiger partial charge in [-0.2, -0.15) is 0 Å². The van der Waals surface area contributed by atoms with Crippen molar-refractivity contribution in [3.05, 3.63) is 70.1 Å². The molecule has 1 heterocycles. The zero-order valence-corrected chi connectivity index (χ0v) is 14.5. The number of hydrogen-bond donors (Lipinski definition) is 0. The van der Waals surface area contributed by atoms with Crippen molar-refractivity contribution in [2.45, 2.75) is 13.0 Å². The van der Waals surface area contributed by atoms with Crippen LogP contribution in [0, 0.1) is 10.1 Å². The van der Waals surface area contributed by atoms with Crippen LogP contribution in [-0.4, -0.2) is 28.2 Å². The molecule has 0 N–H and O–H groups in total. The second kappa shape index (κ2) is 7.65. The topological polar surface area (TPSA) is 118 Å². The molecule has 9 nitrogen and oxygen atoms in total. The Bertz CT molecular complexity index is 970. The second-order valence-electron chi connectivity index (χ2n) is 5.50. The van der Waals surface area contributed by atoms with Crippen LogP contribution in [0.15, 0.2) is 52.9 Å². The Morgan fingerprint density at radius 2 is 1.93 bits per heavy atom. The molecule has 0 unspecified atom stereocenters. The third kappa shape index (κ3) is 3.92. The number of benzene rings is 2. The summed E-state index contributed by atoms with van der Waals surface area (Å²) in [5, 5.41) is 18.9. The minimum Gasteiger partial charge on any atom is -0.490 e. The van der Waals surface area contributed by atoms with Gasteiger partial charge in [0.1, 0.15) is 0 Å². The molecule has 9 heteroatoms. The third-order valence-corrected chi connectivity index (χ3v) is 3.70. The summed E-state index contributed by atoms with van der Waals surface area (Å²) < 4.78 is 15.7. The molecule has 0 bridgehead atoms. The Balaban J connectivity index is 1.75. The fourth-order valence-corrected chi connectivity index (χ4v) is 2.33. The number of rotatable bonds is 6. The number of hydrogen-bond acceptors (Lipinski definition) is 8. The SMILES string of the molecule is COc1ccc(C(=O)O[C@@H](C)c2nnc(-c3ccccc3)o2)cc1[N+](=O)[O-]. The van der Waals surface area contributed by atoms with Crippen molar-refractivity contribution in [2.24, 2.45) is 0 Å². The normalized spacial score (nSPS) is 11.6. The molecular weight excluding hydrogens is 354 g/mol. The summed E-state index contributed by atoms with van der Waals surface area (Å²) in [4.78, 5) is 22.7. The first-order valence-corrected chi connectivity index (χ1v) is 7.92. The van der Waals surface area contributed by atoms with E-state index in [4.69, 9.17) is 13.9 Å². The molecule has 0 amide bonds. The van der Waals surface area contributed by atoms with E-state index in [1.807, 2.05) is 30.3 Å². The molecule has 0 aliphatic rings. The summed E-state index contributed by atoms with van der Waals surface area (Å²) in [5.74, 6) is -0.291. The van der Waals surface area contributed by atoms with Crippen LogP contribution in [0.1, 0.15) is 29.3 Å². The largest absolute Gasteiger partial charge is 0.490 e. The van der Waals surface area contributed by atoms with E-state index in [9.17, 15) is 14.9 Å². The number of nitro benzene ring substituents is 1. The summed E-state index contributed by atoms with van der Waals surface area (Å²) in [6.45, 7) is 1.57. The number of methoxy groups -OCH3 is 1. The Hall–Kier alpha value is -3.75. The monoisotopic (exact) mass is 369 g/mol. The molecule has 0 spiro atoms. The van der Waals surface area contributed by atoms with E-state index >= 15 is 0 Å². The van der Waals surface area contributed by atoms with Crippen LogP contribution in [0.5, 0.6) is 5.75 Å². The first kappa shape index (κ1) is 18.1. The molecule has 0 radical (unpaired) electrons.